The van der Waals surface area contributed by atoms with Crippen LogP contribution in [0.25, 0.3) is 0 Å². The topological polar surface area (TPSA) is 75.7 Å². The first-order valence-corrected chi connectivity index (χ1v) is 9.86. The molecule has 1 N–H and O–H groups in total. The van der Waals surface area contributed by atoms with Crippen LogP contribution in [0.1, 0.15) is 0 Å². The van der Waals surface area contributed by atoms with E-state index in [2.05, 4.69) is 5.32 Å². The van der Waals surface area contributed by atoms with E-state index in [0.717, 1.165) is 10.6 Å². The molecule has 25 heavy (non-hydrogen) atoms. The smallest absolute Gasteiger partial charge is 0.267 e. The molecular formula is C16H14Cl2N2O4S. The zero-order chi connectivity index (χ0) is 18.2. The van der Waals surface area contributed by atoms with Gasteiger partial charge in [0, 0.05) is 0 Å². The van der Waals surface area contributed by atoms with Crippen molar-refractivity contribution in [2.75, 3.05) is 22.4 Å². The Bertz CT molecular complexity index is 933. The fourth-order valence-corrected chi connectivity index (χ4v) is 3.73. The van der Waals surface area contributed by atoms with Gasteiger partial charge in [0.15, 0.2) is 6.10 Å². The predicted octanol–water partition coefficient (Wildman–Crippen LogP) is 3.16. The summed E-state index contributed by atoms with van der Waals surface area (Å²) in [5, 5.41) is 3.12. The van der Waals surface area contributed by atoms with Gasteiger partial charge in [0.1, 0.15) is 5.75 Å². The van der Waals surface area contributed by atoms with Crippen LogP contribution >= 0.6 is 23.2 Å². The van der Waals surface area contributed by atoms with Crippen LogP contribution in [-0.4, -0.2) is 33.2 Å². The van der Waals surface area contributed by atoms with Gasteiger partial charge in [0.2, 0.25) is 10.0 Å². The summed E-state index contributed by atoms with van der Waals surface area (Å²) in [7, 11) is -3.57. The average Bonchev–Trinajstić information content (AvgIpc) is 2.57. The van der Waals surface area contributed by atoms with Crippen molar-refractivity contribution >= 4 is 50.5 Å². The van der Waals surface area contributed by atoms with E-state index < -0.39 is 22.0 Å². The Hall–Kier alpha value is -1.96. The largest absolute Gasteiger partial charge is 0.476 e. The molecule has 0 spiro atoms. The highest BCUT2D eigenvalue weighted by molar-refractivity contribution is 7.92. The fourth-order valence-electron chi connectivity index (χ4n) is 2.47. The molecule has 1 atom stereocenters. The summed E-state index contributed by atoms with van der Waals surface area (Å²) in [6.07, 6.45) is 0.0532. The van der Waals surface area contributed by atoms with Crippen LogP contribution in [0.3, 0.4) is 0 Å². The lowest BCUT2D eigenvalue weighted by atomic mass is 10.2. The highest BCUT2D eigenvalue weighted by Crippen LogP contribution is 2.35. The van der Waals surface area contributed by atoms with E-state index >= 15 is 0 Å². The van der Waals surface area contributed by atoms with E-state index in [1.54, 1.807) is 42.5 Å². The molecule has 0 bridgehead atoms. The fraction of sp³-hybridized carbons (Fsp3) is 0.188. The van der Waals surface area contributed by atoms with Crippen molar-refractivity contribution in [2.24, 2.45) is 0 Å². The van der Waals surface area contributed by atoms with E-state index in [0.29, 0.717) is 22.1 Å². The lowest BCUT2D eigenvalue weighted by Gasteiger charge is -2.33. The van der Waals surface area contributed by atoms with Gasteiger partial charge in [-0.1, -0.05) is 41.4 Å². The molecule has 1 aliphatic rings. The van der Waals surface area contributed by atoms with Gasteiger partial charge in [0.25, 0.3) is 5.91 Å². The molecule has 1 heterocycles. The lowest BCUT2D eigenvalue weighted by Crippen LogP contribution is -2.48. The Morgan fingerprint density at radius 1 is 1.20 bits per heavy atom. The van der Waals surface area contributed by atoms with Crippen LogP contribution in [0, 0.1) is 0 Å². The molecule has 9 heteroatoms. The summed E-state index contributed by atoms with van der Waals surface area (Å²) < 4.78 is 31.0. The molecule has 0 saturated heterocycles. The molecule has 0 unspecified atom stereocenters. The van der Waals surface area contributed by atoms with Crippen LogP contribution in [0.15, 0.2) is 42.5 Å². The third kappa shape index (κ3) is 3.68. The van der Waals surface area contributed by atoms with Crippen molar-refractivity contribution in [3.05, 3.63) is 52.5 Å². The summed E-state index contributed by atoms with van der Waals surface area (Å²) >= 11 is 12.0. The number of carbonyl (C=O) groups excluding carboxylic acids is 1. The Morgan fingerprint density at radius 2 is 1.92 bits per heavy atom. The number of nitrogens with zero attached hydrogens (tertiary/aromatic N) is 1. The van der Waals surface area contributed by atoms with Gasteiger partial charge in [-0.15, -0.1) is 0 Å². The normalized spacial score (nSPS) is 16.8. The number of anilines is 2. The number of halogens is 2. The summed E-state index contributed by atoms with van der Waals surface area (Å²) in [6, 6.07) is 11.5. The number of benzene rings is 2. The van der Waals surface area contributed by atoms with Gasteiger partial charge in [-0.25, -0.2) is 8.42 Å². The molecule has 0 aliphatic carbocycles. The van der Waals surface area contributed by atoms with Gasteiger partial charge in [0.05, 0.1) is 34.2 Å². The van der Waals surface area contributed by atoms with Crippen LogP contribution in [-0.2, 0) is 14.8 Å². The Labute approximate surface area is 155 Å². The van der Waals surface area contributed by atoms with E-state index in [1.165, 1.54) is 0 Å². The number of nitrogens with one attached hydrogen (secondary N) is 1. The molecule has 132 valence electrons. The number of fused-ring (bicyclic) bond motifs is 1. The zero-order valence-electron chi connectivity index (χ0n) is 13.1. The number of hydrogen-bond donors (Lipinski definition) is 1. The minimum Gasteiger partial charge on any atom is -0.476 e. The van der Waals surface area contributed by atoms with Gasteiger partial charge in [-0.3, -0.25) is 9.10 Å². The van der Waals surface area contributed by atoms with Gasteiger partial charge in [-0.05, 0) is 24.3 Å². The second kappa shape index (κ2) is 6.74. The molecule has 0 saturated carbocycles. The van der Waals surface area contributed by atoms with Crippen molar-refractivity contribution in [1.29, 1.82) is 0 Å². The minimum absolute atomic E-state index is 0.139. The standard InChI is InChI=1S/C16H14Cl2N2O4S/c1-25(22,23)20-9-14(24-13-8-3-2-7-12(13)20)16(21)19-11-6-4-5-10(17)15(11)18/h2-8,14H,9H2,1H3,(H,19,21)/t14-/m0/s1. The zero-order valence-corrected chi connectivity index (χ0v) is 15.4. The van der Waals surface area contributed by atoms with Gasteiger partial charge in [-0.2, -0.15) is 0 Å². The number of ether oxygens (including phenoxy) is 1. The number of hydrogen-bond acceptors (Lipinski definition) is 4. The average molecular weight is 401 g/mol. The molecule has 0 fully saturated rings. The Balaban J connectivity index is 1.88. The van der Waals surface area contributed by atoms with Crippen LogP contribution < -0.4 is 14.4 Å². The summed E-state index contributed by atoms with van der Waals surface area (Å²) in [4.78, 5) is 12.6. The second-order valence-corrected chi connectivity index (χ2v) is 8.15. The maximum Gasteiger partial charge on any atom is 0.267 e. The molecule has 2 aromatic carbocycles. The Morgan fingerprint density at radius 3 is 2.64 bits per heavy atom. The molecule has 1 amide bonds. The van der Waals surface area contributed by atoms with E-state index in [1.807, 2.05) is 0 Å². The molecule has 1 aliphatic heterocycles. The second-order valence-electron chi connectivity index (χ2n) is 5.46. The molecule has 6 nitrogen and oxygen atoms in total. The van der Waals surface area contributed by atoms with Crippen molar-refractivity contribution in [3.8, 4) is 5.75 Å². The number of amides is 1. The highest BCUT2D eigenvalue weighted by atomic mass is 35.5. The van der Waals surface area contributed by atoms with Crippen molar-refractivity contribution in [3.63, 3.8) is 0 Å². The van der Waals surface area contributed by atoms with E-state index in [4.69, 9.17) is 27.9 Å². The van der Waals surface area contributed by atoms with Gasteiger partial charge < -0.3 is 10.1 Å². The first-order valence-electron chi connectivity index (χ1n) is 7.25. The van der Waals surface area contributed by atoms with E-state index in [-0.39, 0.29) is 11.6 Å². The number of sulfonamides is 1. The Kier molecular flexibility index (Phi) is 4.81. The van der Waals surface area contributed by atoms with Crippen molar-refractivity contribution in [1.82, 2.24) is 0 Å². The van der Waals surface area contributed by atoms with Crippen LogP contribution in [0.4, 0.5) is 11.4 Å². The minimum atomic E-state index is -3.57. The summed E-state index contributed by atoms with van der Waals surface area (Å²) in [5.74, 6) is -0.205. The lowest BCUT2D eigenvalue weighted by molar-refractivity contribution is -0.122. The SMILES string of the molecule is CS(=O)(=O)N1C[C@@H](C(=O)Nc2cccc(Cl)c2Cl)Oc2ccccc21. The van der Waals surface area contributed by atoms with Crippen molar-refractivity contribution < 1.29 is 17.9 Å². The van der Waals surface area contributed by atoms with E-state index in [9.17, 15) is 13.2 Å². The first kappa shape index (κ1) is 17.8. The predicted molar refractivity (Wildman–Crippen MR) is 98.1 cm³/mol. The maximum absolute atomic E-state index is 12.6. The molecule has 0 radical (unpaired) electrons. The van der Waals surface area contributed by atoms with Crippen molar-refractivity contribution in [2.45, 2.75) is 6.10 Å². The molecule has 2 aromatic rings. The third-order valence-corrected chi connectivity index (χ3v) is 5.60. The van der Waals surface area contributed by atoms with Gasteiger partial charge >= 0.3 is 0 Å². The molecular weight excluding hydrogens is 387 g/mol. The maximum atomic E-state index is 12.6. The highest BCUT2D eigenvalue weighted by Gasteiger charge is 2.35. The summed E-state index contributed by atoms with van der Waals surface area (Å²) in [5.41, 5.74) is 0.724. The monoisotopic (exact) mass is 400 g/mol. The summed E-state index contributed by atoms with van der Waals surface area (Å²) in [6.45, 7) is -0.139. The number of para-hydroxylation sites is 2. The number of rotatable bonds is 3. The molecule has 3 rings (SSSR count). The quantitative estimate of drug-likeness (QED) is 0.858. The third-order valence-electron chi connectivity index (χ3n) is 3.64. The molecule has 0 aromatic heterocycles. The number of carbonyl (C=O) groups is 1. The first-order chi connectivity index (χ1) is 11.8. The van der Waals surface area contributed by atoms with Crippen LogP contribution in [0.5, 0.6) is 5.75 Å². The van der Waals surface area contributed by atoms with Crippen LogP contribution in [0.2, 0.25) is 10.0 Å².